The molecule has 7 nitrogen and oxygen atoms in total. The van der Waals surface area contributed by atoms with Crippen molar-refractivity contribution < 1.29 is 77.3 Å². The SMILES string of the molecule is Nc1c(S(=O)(=O)O)cc2ccccc2c1S(=O)(=O)[O-].[K+]. The normalized spacial score (nSPS) is 12.1. The number of anilines is 1. The van der Waals surface area contributed by atoms with Gasteiger partial charge in [0.15, 0.2) is 0 Å². The molecule has 20 heavy (non-hydrogen) atoms. The molecule has 10 heteroatoms. The van der Waals surface area contributed by atoms with Crippen molar-refractivity contribution in [2.24, 2.45) is 0 Å². The van der Waals surface area contributed by atoms with E-state index in [2.05, 4.69) is 0 Å². The molecule has 0 aliphatic carbocycles. The minimum absolute atomic E-state index is 0. The third-order valence-electron chi connectivity index (χ3n) is 2.53. The number of nitrogen functional groups attached to an aromatic ring is 1. The third-order valence-corrected chi connectivity index (χ3v) is 4.36. The van der Waals surface area contributed by atoms with Gasteiger partial charge in [0.2, 0.25) is 0 Å². The summed E-state index contributed by atoms with van der Waals surface area (Å²) in [4.78, 5) is -1.65. The Kier molecular flexibility index (Phi) is 5.39. The second-order valence-electron chi connectivity index (χ2n) is 3.77. The van der Waals surface area contributed by atoms with E-state index in [0.717, 1.165) is 6.07 Å². The molecule has 0 aliphatic rings. The molecule has 0 radical (unpaired) electrons. The molecule has 0 aromatic heterocycles. The molecular formula is C10H8KNO6S2. The van der Waals surface area contributed by atoms with Crippen molar-refractivity contribution in [3.05, 3.63) is 30.3 Å². The Bertz CT molecular complexity index is 876. The predicted octanol–water partition coefficient (Wildman–Crippen LogP) is -2.42. The Morgan fingerprint density at radius 1 is 1.10 bits per heavy atom. The number of rotatable bonds is 2. The van der Waals surface area contributed by atoms with Gasteiger partial charge in [0.1, 0.15) is 15.0 Å². The van der Waals surface area contributed by atoms with Gasteiger partial charge in [0, 0.05) is 5.39 Å². The van der Waals surface area contributed by atoms with E-state index in [1.54, 1.807) is 0 Å². The van der Waals surface area contributed by atoms with E-state index in [-0.39, 0.29) is 62.2 Å². The zero-order valence-corrected chi connectivity index (χ0v) is 15.0. The first-order valence-corrected chi connectivity index (χ1v) is 7.72. The first kappa shape index (κ1) is 18.0. The minimum Gasteiger partial charge on any atom is -0.744 e. The van der Waals surface area contributed by atoms with Crippen LogP contribution in [0.4, 0.5) is 5.69 Å². The molecule has 2 aromatic rings. The summed E-state index contributed by atoms with van der Waals surface area (Å²) in [6.45, 7) is 0. The van der Waals surface area contributed by atoms with Crippen LogP contribution in [0, 0.1) is 0 Å². The summed E-state index contributed by atoms with van der Waals surface area (Å²) in [7, 11) is -9.73. The quantitative estimate of drug-likeness (QED) is 0.352. The number of hydrogen-bond donors (Lipinski definition) is 2. The molecule has 2 rings (SSSR count). The Hall–Kier alpha value is -0.0436. The molecule has 0 atom stereocenters. The fourth-order valence-electron chi connectivity index (χ4n) is 1.79. The predicted molar refractivity (Wildman–Crippen MR) is 66.1 cm³/mol. The van der Waals surface area contributed by atoms with Gasteiger partial charge in [-0.2, -0.15) is 8.42 Å². The van der Waals surface area contributed by atoms with Gasteiger partial charge in [-0.1, -0.05) is 24.3 Å². The van der Waals surface area contributed by atoms with Crippen LogP contribution in [0.15, 0.2) is 40.1 Å². The summed E-state index contributed by atoms with van der Waals surface area (Å²) in [5, 5.41) is 0.168. The van der Waals surface area contributed by atoms with Crippen molar-refractivity contribution >= 4 is 36.7 Å². The van der Waals surface area contributed by atoms with Gasteiger partial charge in [-0.3, -0.25) is 4.55 Å². The van der Waals surface area contributed by atoms with Crippen LogP contribution in [0.5, 0.6) is 0 Å². The van der Waals surface area contributed by atoms with E-state index in [9.17, 15) is 21.4 Å². The van der Waals surface area contributed by atoms with Crippen LogP contribution >= 0.6 is 0 Å². The summed E-state index contributed by atoms with van der Waals surface area (Å²) in [6.07, 6.45) is 0. The van der Waals surface area contributed by atoms with Gasteiger partial charge in [-0.25, -0.2) is 8.42 Å². The fraction of sp³-hybridized carbons (Fsp3) is 0. The maximum Gasteiger partial charge on any atom is 1.00 e. The second kappa shape index (κ2) is 5.99. The van der Waals surface area contributed by atoms with Crippen molar-refractivity contribution in [3.63, 3.8) is 0 Å². The molecule has 0 amide bonds. The number of fused-ring (bicyclic) bond motifs is 1. The Morgan fingerprint density at radius 3 is 2.15 bits per heavy atom. The second-order valence-corrected chi connectivity index (χ2v) is 6.47. The van der Waals surface area contributed by atoms with E-state index in [0.29, 0.717) is 0 Å². The molecule has 0 saturated heterocycles. The topological polar surface area (TPSA) is 138 Å². The van der Waals surface area contributed by atoms with Crippen LogP contribution < -0.4 is 57.1 Å². The van der Waals surface area contributed by atoms with Crippen LogP contribution in [0.25, 0.3) is 10.8 Å². The number of benzene rings is 2. The Labute approximate surface area is 158 Å². The summed E-state index contributed by atoms with van der Waals surface area (Å²) < 4.78 is 65.0. The fourth-order valence-corrected chi connectivity index (χ4v) is 3.34. The largest absolute Gasteiger partial charge is 1.00 e. The van der Waals surface area contributed by atoms with Gasteiger partial charge >= 0.3 is 51.4 Å². The maximum absolute atomic E-state index is 11.2. The first-order chi connectivity index (χ1) is 8.62. The minimum atomic E-state index is -4.99. The Balaban J connectivity index is 0.00000200. The standard InChI is InChI=1S/C10H9NO6S2.K/c11-9-8(18(12,13)14)5-6-3-1-2-4-7(6)10(9)19(15,16)17;/h1-5H,11H2,(H,12,13,14)(H,15,16,17);/q;+1/p-1. The van der Waals surface area contributed by atoms with Gasteiger partial charge in [0.25, 0.3) is 10.1 Å². The zero-order valence-electron chi connectivity index (χ0n) is 10.3. The van der Waals surface area contributed by atoms with Gasteiger partial charge < -0.3 is 10.3 Å². The zero-order chi connectivity index (χ0) is 14.4. The van der Waals surface area contributed by atoms with Crippen molar-refractivity contribution in [3.8, 4) is 0 Å². The van der Waals surface area contributed by atoms with Gasteiger partial charge in [-0.05, 0) is 11.5 Å². The van der Waals surface area contributed by atoms with Crippen molar-refractivity contribution in [1.82, 2.24) is 0 Å². The third kappa shape index (κ3) is 3.40. The molecule has 0 unspecified atom stereocenters. The molecule has 0 heterocycles. The van der Waals surface area contributed by atoms with Crippen LogP contribution in [0.3, 0.4) is 0 Å². The Morgan fingerprint density at radius 2 is 1.65 bits per heavy atom. The molecule has 0 aliphatic heterocycles. The molecule has 2 aromatic carbocycles. The number of hydrogen-bond acceptors (Lipinski definition) is 6. The van der Waals surface area contributed by atoms with Crippen molar-refractivity contribution in [2.75, 3.05) is 5.73 Å². The van der Waals surface area contributed by atoms with Crippen LogP contribution in [-0.2, 0) is 20.2 Å². The van der Waals surface area contributed by atoms with E-state index in [1.807, 2.05) is 0 Å². The molecule has 0 spiro atoms. The smallest absolute Gasteiger partial charge is 0.744 e. The molecule has 0 saturated carbocycles. The van der Waals surface area contributed by atoms with Crippen LogP contribution in [-0.4, -0.2) is 25.9 Å². The molecule has 3 N–H and O–H groups in total. The van der Waals surface area contributed by atoms with Crippen LogP contribution in [0.2, 0.25) is 0 Å². The van der Waals surface area contributed by atoms with Gasteiger partial charge in [-0.15, -0.1) is 0 Å². The average Bonchev–Trinajstić information content (AvgIpc) is 2.24. The van der Waals surface area contributed by atoms with E-state index in [1.165, 1.54) is 24.3 Å². The maximum atomic E-state index is 11.2. The van der Waals surface area contributed by atoms with E-state index >= 15 is 0 Å². The van der Waals surface area contributed by atoms with Crippen LogP contribution in [0.1, 0.15) is 0 Å². The van der Waals surface area contributed by atoms with Crippen molar-refractivity contribution in [1.29, 1.82) is 0 Å². The first-order valence-electron chi connectivity index (χ1n) is 4.87. The van der Waals surface area contributed by atoms with Gasteiger partial charge in [0.05, 0.1) is 10.6 Å². The summed E-state index contributed by atoms with van der Waals surface area (Å²) >= 11 is 0. The monoisotopic (exact) mass is 341 g/mol. The molecular weight excluding hydrogens is 333 g/mol. The summed E-state index contributed by atoms with van der Waals surface area (Å²) in [5.41, 5.74) is 4.62. The number of nitrogens with two attached hydrogens (primary N) is 1. The van der Waals surface area contributed by atoms with E-state index < -0.39 is 35.7 Å². The molecule has 0 fully saturated rings. The van der Waals surface area contributed by atoms with E-state index in [4.69, 9.17) is 10.3 Å². The molecule has 0 bridgehead atoms. The average molecular weight is 341 g/mol. The molecule has 102 valence electrons. The van der Waals surface area contributed by atoms with Crippen molar-refractivity contribution in [2.45, 2.75) is 9.79 Å². The summed E-state index contributed by atoms with van der Waals surface area (Å²) in [6, 6.07) is 6.73. The summed E-state index contributed by atoms with van der Waals surface area (Å²) in [5.74, 6) is 0.